The van der Waals surface area contributed by atoms with Gasteiger partial charge >= 0.3 is 0 Å². The van der Waals surface area contributed by atoms with E-state index in [0.717, 1.165) is 45.7 Å². The Kier molecular flexibility index (Phi) is 5.97. The van der Waals surface area contributed by atoms with Crippen molar-refractivity contribution in [2.24, 2.45) is 5.41 Å². The smallest absolute Gasteiger partial charge is 0.188 e. The highest BCUT2D eigenvalue weighted by Crippen LogP contribution is 2.48. The van der Waals surface area contributed by atoms with Crippen molar-refractivity contribution >= 4 is 40.8 Å². The first-order valence-corrected chi connectivity index (χ1v) is 12.1. The molecule has 34 heavy (non-hydrogen) atoms. The van der Waals surface area contributed by atoms with Crippen molar-refractivity contribution in [3.05, 3.63) is 129 Å². The number of allylic oxidation sites excluding steroid dienone is 4. The number of benzene rings is 3. The zero-order chi connectivity index (χ0) is 23.9. The Morgan fingerprint density at radius 2 is 1.50 bits per heavy atom. The molecular weight excluding hydrogens is 461 g/mol. The molecule has 3 aromatic carbocycles. The fourth-order valence-corrected chi connectivity index (χ4v) is 5.07. The van der Waals surface area contributed by atoms with Crippen LogP contribution in [0.15, 0.2) is 102 Å². The summed E-state index contributed by atoms with van der Waals surface area (Å²) in [6.45, 7) is 4.27. The van der Waals surface area contributed by atoms with Crippen LogP contribution in [0.1, 0.15) is 42.9 Å². The Bertz CT molecular complexity index is 1330. The third-order valence-electron chi connectivity index (χ3n) is 6.59. The molecule has 0 radical (unpaired) electrons. The summed E-state index contributed by atoms with van der Waals surface area (Å²) in [5.74, 6) is -0.0852. The van der Waals surface area contributed by atoms with Crippen molar-refractivity contribution in [1.82, 2.24) is 5.32 Å². The Balaban J connectivity index is 1.63. The van der Waals surface area contributed by atoms with Gasteiger partial charge in [0.25, 0.3) is 0 Å². The van der Waals surface area contributed by atoms with Crippen molar-refractivity contribution in [3.63, 3.8) is 0 Å². The molecule has 0 spiro atoms. The van der Waals surface area contributed by atoms with Gasteiger partial charge in [0, 0.05) is 38.5 Å². The maximum absolute atomic E-state index is 14.1. The van der Waals surface area contributed by atoms with E-state index in [0.29, 0.717) is 10.0 Å². The largest absolute Gasteiger partial charge is 0.358 e. The molecule has 170 valence electrons. The first kappa shape index (κ1) is 22.7. The van der Waals surface area contributed by atoms with Gasteiger partial charge in [-0.3, -0.25) is 4.79 Å². The van der Waals surface area contributed by atoms with E-state index in [1.807, 2.05) is 72.8 Å². The van der Waals surface area contributed by atoms with Gasteiger partial charge in [-0.25, -0.2) is 0 Å². The lowest BCUT2D eigenvalue weighted by molar-refractivity contribution is -0.113. The van der Waals surface area contributed by atoms with Crippen LogP contribution in [0.5, 0.6) is 0 Å². The van der Waals surface area contributed by atoms with Crippen LogP contribution in [-0.2, 0) is 4.79 Å². The van der Waals surface area contributed by atoms with E-state index in [9.17, 15) is 4.79 Å². The Hall–Kier alpha value is -3.07. The lowest BCUT2D eigenvalue weighted by Crippen LogP contribution is -2.37. The summed E-state index contributed by atoms with van der Waals surface area (Å²) in [5.41, 5.74) is 6.42. The molecule has 1 atom stereocenters. The number of hydrogen-bond acceptors (Lipinski definition) is 2. The molecule has 2 nitrogen and oxygen atoms in total. The summed E-state index contributed by atoms with van der Waals surface area (Å²) in [6, 6.07) is 25.6. The molecule has 0 saturated carbocycles. The van der Waals surface area contributed by atoms with Gasteiger partial charge in [-0.15, -0.1) is 0 Å². The van der Waals surface area contributed by atoms with E-state index < -0.39 is 0 Å². The van der Waals surface area contributed by atoms with Crippen molar-refractivity contribution in [3.8, 4) is 0 Å². The quantitative estimate of drug-likeness (QED) is 0.380. The van der Waals surface area contributed by atoms with E-state index in [2.05, 4.69) is 37.4 Å². The average molecular weight is 486 g/mol. The number of carbonyl (C=O) groups is 1. The second kappa shape index (κ2) is 8.94. The third kappa shape index (κ3) is 4.36. The molecule has 2 aliphatic rings. The number of hydrogen-bond donors (Lipinski definition) is 1. The number of carbonyl (C=O) groups excluding carboxylic acids is 1. The molecule has 0 aromatic heterocycles. The van der Waals surface area contributed by atoms with Crippen LogP contribution in [0.25, 0.3) is 11.8 Å². The Labute approximate surface area is 210 Å². The topological polar surface area (TPSA) is 29.1 Å². The summed E-state index contributed by atoms with van der Waals surface area (Å²) in [4.78, 5) is 14.1. The van der Waals surface area contributed by atoms with E-state index in [1.54, 1.807) is 0 Å². The molecule has 4 heteroatoms. The van der Waals surface area contributed by atoms with E-state index >= 15 is 0 Å². The van der Waals surface area contributed by atoms with Gasteiger partial charge < -0.3 is 5.32 Å². The molecule has 1 aliphatic carbocycles. The average Bonchev–Trinajstić information content (AvgIpc) is 2.83. The van der Waals surface area contributed by atoms with Crippen LogP contribution in [0.2, 0.25) is 10.0 Å². The molecule has 5 rings (SSSR count). The summed E-state index contributed by atoms with van der Waals surface area (Å²) in [7, 11) is 0. The molecule has 1 aliphatic heterocycles. The minimum Gasteiger partial charge on any atom is -0.358 e. The summed E-state index contributed by atoms with van der Waals surface area (Å²) >= 11 is 12.3. The van der Waals surface area contributed by atoms with Crippen molar-refractivity contribution < 1.29 is 4.79 Å². The van der Waals surface area contributed by atoms with Gasteiger partial charge in [-0.1, -0.05) is 91.6 Å². The predicted molar refractivity (Wildman–Crippen MR) is 142 cm³/mol. The molecule has 0 amide bonds. The number of Topliss-reactive ketones (excluding diaryl/α,β-unsaturated/α-hetero) is 1. The second-order valence-electron chi connectivity index (χ2n) is 9.49. The maximum atomic E-state index is 14.1. The number of nitrogens with one attached hydrogen (secondary N) is 1. The summed E-state index contributed by atoms with van der Waals surface area (Å²) in [5, 5.41) is 4.97. The van der Waals surface area contributed by atoms with E-state index in [4.69, 9.17) is 23.2 Å². The van der Waals surface area contributed by atoms with Gasteiger partial charge in [0.05, 0.1) is 0 Å². The minimum atomic E-state index is -0.327. The Morgan fingerprint density at radius 3 is 2.15 bits per heavy atom. The Morgan fingerprint density at radius 1 is 0.882 bits per heavy atom. The monoisotopic (exact) mass is 485 g/mol. The second-order valence-corrected chi connectivity index (χ2v) is 10.4. The highest BCUT2D eigenvalue weighted by atomic mass is 35.5. The maximum Gasteiger partial charge on any atom is 0.188 e. The lowest BCUT2D eigenvalue weighted by atomic mass is 9.67. The summed E-state index contributed by atoms with van der Waals surface area (Å²) < 4.78 is 0. The number of rotatable bonds is 3. The molecule has 0 fully saturated rings. The molecule has 1 heterocycles. The number of dihydropyridines is 1. The normalized spacial score (nSPS) is 20.6. The van der Waals surface area contributed by atoms with Crippen molar-refractivity contribution in [1.29, 1.82) is 0 Å². The van der Waals surface area contributed by atoms with Crippen LogP contribution in [0, 0.1) is 5.41 Å². The molecule has 3 aromatic rings. The van der Waals surface area contributed by atoms with Crippen LogP contribution in [0.4, 0.5) is 0 Å². The van der Waals surface area contributed by atoms with Gasteiger partial charge in [-0.2, -0.15) is 0 Å². The van der Waals surface area contributed by atoms with E-state index in [-0.39, 0.29) is 17.1 Å². The van der Waals surface area contributed by atoms with Crippen LogP contribution < -0.4 is 5.32 Å². The highest BCUT2D eigenvalue weighted by molar-refractivity contribution is 6.30. The molecular formula is C30H25Cl2NO. The standard InChI is InChI=1S/C30H25Cl2NO/c1-30(2)18-27-28(29(34)25(30)16-19-8-12-22(31)13-9-19)24(20-10-14-23(32)15-11-20)17-26(33-27)21-6-4-3-5-7-21/h3-17,24,33H,18H2,1-2H3/b25-16+. The highest BCUT2D eigenvalue weighted by Gasteiger charge is 2.42. The third-order valence-corrected chi connectivity index (χ3v) is 7.09. The van der Waals surface area contributed by atoms with E-state index in [1.165, 1.54) is 0 Å². The fourth-order valence-electron chi connectivity index (χ4n) is 4.82. The lowest BCUT2D eigenvalue weighted by Gasteiger charge is -2.40. The van der Waals surface area contributed by atoms with Crippen molar-refractivity contribution in [2.75, 3.05) is 0 Å². The van der Waals surface area contributed by atoms with Crippen LogP contribution >= 0.6 is 23.2 Å². The molecule has 0 bridgehead atoms. The van der Waals surface area contributed by atoms with Gasteiger partial charge in [0.2, 0.25) is 0 Å². The first-order valence-electron chi connectivity index (χ1n) is 11.4. The van der Waals surface area contributed by atoms with Gasteiger partial charge in [-0.05, 0) is 64.9 Å². The zero-order valence-electron chi connectivity index (χ0n) is 19.1. The van der Waals surface area contributed by atoms with Gasteiger partial charge in [0.15, 0.2) is 5.78 Å². The molecule has 0 saturated heterocycles. The molecule has 1 N–H and O–H groups in total. The molecule has 1 unspecified atom stereocenters. The predicted octanol–water partition coefficient (Wildman–Crippen LogP) is 8.06. The van der Waals surface area contributed by atoms with Crippen molar-refractivity contribution in [2.45, 2.75) is 26.2 Å². The summed E-state index contributed by atoms with van der Waals surface area (Å²) in [6.07, 6.45) is 4.91. The zero-order valence-corrected chi connectivity index (χ0v) is 20.6. The van der Waals surface area contributed by atoms with Gasteiger partial charge in [0.1, 0.15) is 0 Å². The number of ketones is 1. The minimum absolute atomic E-state index is 0.0806. The van der Waals surface area contributed by atoms with Crippen LogP contribution in [-0.4, -0.2) is 5.78 Å². The SMILES string of the molecule is CC1(C)CC2=C(C(=O)/C1=C\c1ccc(Cl)cc1)C(c1ccc(Cl)cc1)C=C(c1ccccc1)N2. The number of halogens is 2. The van der Waals surface area contributed by atoms with Crippen LogP contribution in [0.3, 0.4) is 0 Å². The fraction of sp³-hybridized carbons (Fsp3) is 0.167. The first-order chi connectivity index (χ1) is 16.3.